The number of nitrogens with one attached hydrogen (secondary N) is 6. The summed E-state index contributed by atoms with van der Waals surface area (Å²) >= 11 is 0. The Bertz CT molecular complexity index is 1500. The predicted octanol–water partition coefficient (Wildman–Crippen LogP) is 12.3. The zero-order valence-electron chi connectivity index (χ0n) is 26.0. The second kappa shape index (κ2) is 14.6. The number of rotatable bonds is 12. The van der Waals surface area contributed by atoms with E-state index in [2.05, 4.69) is 29.8 Å². The second-order valence-corrected chi connectivity index (χ2v) is 18.4. The van der Waals surface area contributed by atoms with Gasteiger partial charge in [0, 0.05) is 0 Å². The first kappa shape index (κ1) is 31.9. The molecule has 240 valence electrons. The van der Waals surface area contributed by atoms with Crippen molar-refractivity contribution in [2.45, 2.75) is 0 Å². The number of anilines is 3. The lowest BCUT2D eigenvalue weighted by Crippen LogP contribution is -2.48. The van der Waals surface area contributed by atoms with Gasteiger partial charge < -0.3 is 15.3 Å². The summed E-state index contributed by atoms with van der Waals surface area (Å²) in [6, 6.07) is 60.4. The Morgan fingerprint density at radius 2 is 0.500 bits per heavy atom. The van der Waals surface area contributed by atoms with E-state index in [0.29, 0.717) is 0 Å². The van der Waals surface area contributed by atoms with Crippen LogP contribution in [0, 0.1) is 0 Å². The van der Waals surface area contributed by atoms with Gasteiger partial charge in [-0.05, 0) is 51.0 Å². The highest BCUT2D eigenvalue weighted by Crippen LogP contribution is 2.86. The Hall–Kier alpha value is -4.71. The molecule has 1 heterocycles. The van der Waals surface area contributed by atoms with Crippen LogP contribution in [0.25, 0.3) is 15.3 Å². The van der Waals surface area contributed by atoms with Gasteiger partial charge in [-0.15, -0.1) is 17.1 Å². The van der Waals surface area contributed by atoms with E-state index in [4.69, 9.17) is 15.3 Å². The van der Waals surface area contributed by atoms with Gasteiger partial charge in [0.05, 0.1) is 17.1 Å². The van der Waals surface area contributed by atoms with Crippen LogP contribution in [0.4, 0.5) is 34.1 Å². The molecule has 0 unspecified atom stereocenters. The Kier molecular flexibility index (Phi) is 9.69. The summed E-state index contributed by atoms with van der Waals surface area (Å²) < 4.78 is 0. The van der Waals surface area contributed by atoms with E-state index in [-0.39, 0.29) is 0 Å². The molecule has 6 N–H and O–H groups in total. The van der Waals surface area contributed by atoms with E-state index in [1.165, 1.54) is 0 Å². The number of hydrogen-bond donors (Lipinski definition) is 6. The minimum Gasteiger partial charge on any atom is -0.467 e. The van der Waals surface area contributed by atoms with Gasteiger partial charge in [0.1, 0.15) is 0 Å². The van der Waals surface area contributed by atoms with Crippen molar-refractivity contribution in [3.8, 4) is 0 Å². The third kappa shape index (κ3) is 8.04. The molecule has 1 aliphatic rings. The van der Waals surface area contributed by atoms with Gasteiger partial charge in [-0.3, -0.25) is 0 Å². The SMILES string of the molecule is c1ccc([N-][P+]2(Nc3ccccc3)N[P+]([N-]c3ccccc3)(Nc3ccccc3)N[P+]([N-]c3ccccc3)(Nc3ccccc3)N2)cc1. The summed E-state index contributed by atoms with van der Waals surface area (Å²) in [6.07, 6.45) is 0. The average molecular weight is 688 g/mol. The second-order valence-electron chi connectivity index (χ2n) is 10.9. The standard InChI is InChI=1S/C36H36N9P3/c1-7-19-31(20-8-1)37-46(38-32-21-9-2-10-22-32)43-47(39-33-23-11-3-12-24-33,40-34-25-13-4-14-26-34)45-48(44-46,41-35-27-15-5-16-28-35)42-36-29-17-6-18-30-36/h1-30,37,39,41,43-45H. The zero-order valence-corrected chi connectivity index (χ0v) is 28.7. The van der Waals surface area contributed by atoms with E-state index in [9.17, 15) is 0 Å². The first-order valence-electron chi connectivity index (χ1n) is 15.5. The third-order valence-electron chi connectivity index (χ3n) is 7.13. The van der Waals surface area contributed by atoms with Crippen molar-refractivity contribution in [2.75, 3.05) is 15.3 Å². The van der Waals surface area contributed by atoms with Gasteiger partial charge in [-0.25, -0.2) is 15.3 Å². The van der Waals surface area contributed by atoms with E-state index < -0.39 is 23.6 Å². The van der Waals surface area contributed by atoms with E-state index in [1.54, 1.807) is 0 Å². The molecule has 0 atom stereocenters. The van der Waals surface area contributed by atoms with Gasteiger partial charge in [-0.2, -0.15) is 0 Å². The minimum atomic E-state index is -3.03. The number of benzene rings is 6. The Morgan fingerprint density at radius 1 is 0.292 bits per heavy atom. The predicted molar refractivity (Wildman–Crippen MR) is 209 cm³/mol. The summed E-state index contributed by atoms with van der Waals surface area (Å²) in [5, 5.41) is 28.0. The highest BCUT2D eigenvalue weighted by atomic mass is 31.3. The molecule has 12 heteroatoms. The van der Waals surface area contributed by atoms with Crippen LogP contribution in [0.1, 0.15) is 0 Å². The topological polar surface area (TPSA) is 114 Å². The number of hydrogen-bond acceptors (Lipinski definition) is 6. The van der Waals surface area contributed by atoms with Gasteiger partial charge in [-0.1, -0.05) is 146 Å². The molecule has 1 fully saturated rings. The van der Waals surface area contributed by atoms with Gasteiger partial charge in [0.2, 0.25) is 0 Å². The first-order chi connectivity index (χ1) is 23.6. The molecule has 48 heavy (non-hydrogen) atoms. The van der Waals surface area contributed by atoms with Crippen molar-refractivity contribution < 1.29 is 0 Å². The Labute approximate surface area is 284 Å². The fraction of sp³-hybridized carbons (Fsp3) is 0. The normalized spacial score (nSPS) is 21.8. The van der Waals surface area contributed by atoms with Crippen molar-refractivity contribution >= 4 is 57.7 Å². The van der Waals surface area contributed by atoms with Crippen LogP contribution in [0.3, 0.4) is 0 Å². The lowest BCUT2D eigenvalue weighted by atomic mass is 10.3. The molecule has 0 bridgehead atoms. The van der Waals surface area contributed by atoms with Crippen LogP contribution in [0.15, 0.2) is 182 Å². The number of para-hydroxylation sites is 3. The fourth-order valence-electron chi connectivity index (χ4n) is 5.16. The molecular weight excluding hydrogens is 651 g/mol. The monoisotopic (exact) mass is 687 g/mol. The molecule has 0 aliphatic carbocycles. The molecule has 9 nitrogen and oxygen atoms in total. The molecule has 6 aromatic carbocycles. The molecular formula is C36H36N9P3. The van der Waals surface area contributed by atoms with Gasteiger partial charge in [0.25, 0.3) is 23.6 Å². The van der Waals surface area contributed by atoms with Crippen molar-refractivity contribution in [1.82, 2.24) is 14.6 Å². The number of nitrogens with zero attached hydrogens (tertiary/aromatic N) is 3. The quantitative estimate of drug-likeness (QED) is 0.0714. The van der Waals surface area contributed by atoms with Crippen molar-refractivity contribution in [3.63, 3.8) is 0 Å². The van der Waals surface area contributed by atoms with Crippen LogP contribution < -0.4 is 29.8 Å². The van der Waals surface area contributed by atoms with Crippen LogP contribution >= 0.6 is 23.6 Å². The summed E-state index contributed by atoms with van der Waals surface area (Å²) in [4.78, 5) is 11.9. The molecule has 1 aliphatic heterocycles. The smallest absolute Gasteiger partial charge is 0.273 e. The maximum Gasteiger partial charge on any atom is 0.273 e. The van der Waals surface area contributed by atoms with Crippen molar-refractivity contribution in [3.05, 3.63) is 197 Å². The molecule has 6 aromatic rings. The fourth-order valence-corrected chi connectivity index (χ4v) is 17.4. The molecule has 1 saturated heterocycles. The van der Waals surface area contributed by atoms with E-state index in [1.807, 2.05) is 182 Å². The highest BCUT2D eigenvalue weighted by Gasteiger charge is 2.62. The summed E-state index contributed by atoms with van der Waals surface area (Å²) in [5.41, 5.74) is 5.15. The largest absolute Gasteiger partial charge is 0.467 e. The maximum absolute atomic E-state index is 5.50. The lowest BCUT2D eigenvalue weighted by molar-refractivity contribution is 1.24. The van der Waals surface area contributed by atoms with Crippen molar-refractivity contribution in [1.29, 1.82) is 0 Å². The van der Waals surface area contributed by atoms with Crippen LogP contribution in [0.2, 0.25) is 0 Å². The minimum absolute atomic E-state index is 0.811. The lowest BCUT2D eigenvalue weighted by Gasteiger charge is -2.53. The van der Waals surface area contributed by atoms with Gasteiger partial charge >= 0.3 is 0 Å². The molecule has 7 rings (SSSR count). The highest BCUT2D eigenvalue weighted by molar-refractivity contribution is 8.05. The van der Waals surface area contributed by atoms with E-state index >= 15 is 0 Å². The van der Waals surface area contributed by atoms with Crippen LogP contribution in [-0.2, 0) is 0 Å². The Balaban J connectivity index is 1.44. The Morgan fingerprint density at radius 3 is 0.729 bits per heavy atom. The third-order valence-corrected chi connectivity index (χ3v) is 17.4. The zero-order chi connectivity index (χ0) is 32.5. The molecule has 0 spiro atoms. The molecule has 0 radical (unpaired) electrons. The molecule has 0 saturated carbocycles. The van der Waals surface area contributed by atoms with Crippen LogP contribution in [-0.4, -0.2) is 0 Å². The van der Waals surface area contributed by atoms with E-state index in [0.717, 1.165) is 34.1 Å². The summed E-state index contributed by atoms with van der Waals surface area (Å²) in [7, 11) is -9.08. The first-order valence-corrected chi connectivity index (χ1v) is 20.7. The molecule has 0 amide bonds. The molecule has 0 aromatic heterocycles. The van der Waals surface area contributed by atoms with Gasteiger partial charge in [0.15, 0.2) is 0 Å². The summed E-state index contributed by atoms with van der Waals surface area (Å²) in [6.45, 7) is 0. The van der Waals surface area contributed by atoms with Crippen LogP contribution in [0.5, 0.6) is 0 Å². The average Bonchev–Trinajstić information content (AvgIpc) is 3.10. The van der Waals surface area contributed by atoms with Crippen molar-refractivity contribution in [2.24, 2.45) is 0 Å². The maximum atomic E-state index is 5.50. The summed E-state index contributed by atoms with van der Waals surface area (Å²) in [5.74, 6) is 0.